The summed E-state index contributed by atoms with van der Waals surface area (Å²) in [5.74, 6) is 1.86. The predicted molar refractivity (Wildman–Crippen MR) is 128 cm³/mol. The minimum Gasteiger partial charge on any atom is -0.497 e. The van der Waals surface area contributed by atoms with Crippen LogP contribution in [0.5, 0.6) is 5.75 Å². The number of H-pyrrole nitrogens is 1. The summed E-state index contributed by atoms with van der Waals surface area (Å²) in [4.78, 5) is 10.9. The van der Waals surface area contributed by atoms with E-state index in [-0.39, 0.29) is 24.8 Å². The number of aromatic nitrogens is 2. The molecule has 3 aromatic rings. The Morgan fingerprint density at radius 1 is 1.00 bits per heavy atom. The molecule has 0 saturated carbocycles. The van der Waals surface area contributed by atoms with Gasteiger partial charge in [0.1, 0.15) is 5.75 Å². The monoisotopic (exact) mass is 467 g/mol. The molecule has 0 radical (unpaired) electrons. The van der Waals surface area contributed by atoms with Gasteiger partial charge in [-0.25, -0.2) is 4.98 Å². The number of benzene rings is 2. The summed E-state index contributed by atoms with van der Waals surface area (Å²) in [6.45, 7) is 4.76. The molecule has 8 heteroatoms. The predicted octanol–water partition coefficient (Wildman–Crippen LogP) is 5.02. The number of thioether (sulfide) groups is 1. The number of hydrogen-bond acceptors (Lipinski definition) is 5. The van der Waals surface area contributed by atoms with Gasteiger partial charge in [0.25, 0.3) is 0 Å². The Hall–Kier alpha value is -1.70. The summed E-state index contributed by atoms with van der Waals surface area (Å²) >= 11 is 1.77. The maximum Gasteiger partial charge on any atom is 0.166 e. The van der Waals surface area contributed by atoms with E-state index in [1.807, 2.05) is 30.3 Å². The highest BCUT2D eigenvalue weighted by molar-refractivity contribution is 7.99. The summed E-state index contributed by atoms with van der Waals surface area (Å²) in [5, 5.41) is 0.956. The van der Waals surface area contributed by atoms with Crippen LogP contribution in [0.4, 0.5) is 0 Å². The molecule has 1 aliphatic rings. The molecule has 2 aromatic carbocycles. The number of hydrogen-bond donors (Lipinski definition) is 1. The van der Waals surface area contributed by atoms with Crippen molar-refractivity contribution in [2.75, 3.05) is 45.7 Å². The van der Waals surface area contributed by atoms with Gasteiger partial charge in [0.2, 0.25) is 0 Å². The second kappa shape index (κ2) is 12.2. The number of halogens is 2. The Morgan fingerprint density at radius 2 is 1.70 bits per heavy atom. The molecular weight excluding hydrogens is 441 g/mol. The number of imidazole rings is 1. The third-order valence-electron chi connectivity index (χ3n) is 4.86. The highest BCUT2D eigenvalue weighted by atomic mass is 35.5. The van der Waals surface area contributed by atoms with E-state index in [4.69, 9.17) is 14.5 Å². The summed E-state index contributed by atoms with van der Waals surface area (Å²) in [6, 6.07) is 18.4. The molecular formula is C22H27Cl2N3O2S. The topological polar surface area (TPSA) is 50.4 Å². The van der Waals surface area contributed by atoms with E-state index in [9.17, 15) is 0 Å². The van der Waals surface area contributed by atoms with Crippen LogP contribution in [0.25, 0.3) is 22.5 Å². The molecule has 0 aliphatic carbocycles. The SMILES string of the molecule is COc1ccc(-c2[nH]c(SCCN3CCOCC3)nc2-c2ccccc2)cc1.Cl.Cl. The van der Waals surface area contributed by atoms with Crippen LogP contribution in [0.2, 0.25) is 0 Å². The van der Waals surface area contributed by atoms with Crippen molar-refractivity contribution in [1.82, 2.24) is 14.9 Å². The van der Waals surface area contributed by atoms with Crippen LogP contribution in [0.3, 0.4) is 0 Å². The van der Waals surface area contributed by atoms with E-state index < -0.39 is 0 Å². The quantitative estimate of drug-likeness (QED) is 0.494. The Bertz CT molecular complexity index is 885. The summed E-state index contributed by atoms with van der Waals surface area (Å²) in [6.07, 6.45) is 0. The Morgan fingerprint density at radius 3 is 2.37 bits per heavy atom. The van der Waals surface area contributed by atoms with Crippen LogP contribution in [0.15, 0.2) is 59.8 Å². The zero-order chi connectivity index (χ0) is 19.2. The fourth-order valence-corrected chi connectivity index (χ4v) is 4.16. The minimum atomic E-state index is 0. The number of morpholine rings is 1. The molecule has 0 unspecified atom stereocenters. The van der Waals surface area contributed by atoms with Crippen LogP contribution in [-0.4, -0.2) is 60.6 Å². The molecule has 1 aromatic heterocycles. The van der Waals surface area contributed by atoms with E-state index in [1.165, 1.54) is 0 Å². The van der Waals surface area contributed by atoms with Crippen LogP contribution >= 0.6 is 36.6 Å². The second-order valence-electron chi connectivity index (χ2n) is 6.66. The molecule has 1 N–H and O–H groups in total. The third kappa shape index (κ3) is 6.15. The standard InChI is InChI=1S/C22H25N3O2S.2ClH/c1-26-19-9-7-18(8-10-19)21-20(17-5-3-2-4-6-17)23-22(24-21)28-16-13-25-11-14-27-15-12-25;;/h2-10H,11-16H2,1H3,(H,23,24);2*1H. The van der Waals surface area contributed by atoms with Crippen molar-refractivity contribution < 1.29 is 9.47 Å². The fourth-order valence-electron chi connectivity index (χ4n) is 3.29. The third-order valence-corrected chi connectivity index (χ3v) is 5.71. The molecule has 162 valence electrons. The normalized spacial score (nSPS) is 13.9. The molecule has 1 aliphatic heterocycles. The molecule has 4 rings (SSSR count). The van der Waals surface area contributed by atoms with E-state index in [2.05, 4.69) is 34.1 Å². The first kappa shape index (κ1) is 24.6. The first-order valence-corrected chi connectivity index (χ1v) is 10.5. The van der Waals surface area contributed by atoms with E-state index >= 15 is 0 Å². The van der Waals surface area contributed by atoms with Crippen molar-refractivity contribution >= 4 is 36.6 Å². The molecule has 0 bridgehead atoms. The van der Waals surface area contributed by atoms with Crippen LogP contribution in [0.1, 0.15) is 0 Å². The summed E-state index contributed by atoms with van der Waals surface area (Å²) < 4.78 is 10.7. The fraction of sp³-hybridized carbons (Fsp3) is 0.318. The lowest BCUT2D eigenvalue weighted by Gasteiger charge is -2.26. The lowest BCUT2D eigenvalue weighted by molar-refractivity contribution is 0.0410. The summed E-state index contributed by atoms with van der Waals surface area (Å²) in [5.41, 5.74) is 4.25. The average Bonchev–Trinajstić information content (AvgIpc) is 3.19. The van der Waals surface area contributed by atoms with Crippen molar-refractivity contribution in [2.24, 2.45) is 0 Å². The van der Waals surface area contributed by atoms with Crippen molar-refractivity contribution in [2.45, 2.75) is 5.16 Å². The average molecular weight is 468 g/mol. The van der Waals surface area contributed by atoms with Gasteiger partial charge in [0.15, 0.2) is 5.16 Å². The van der Waals surface area contributed by atoms with E-state index in [0.29, 0.717) is 0 Å². The van der Waals surface area contributed by atoms with Gasteiger partial charge in [0, 0.05) is 36.5 Å². The molecule has 0 atom stereocenters. The van der Waals surface area contributed by atoms with Crippen molar-refractivity contribution in [1.29, 1.82) is 0 Å². The van der Waals surface area contributed by atoms with Gasteiger partial charge in [0.05, 0.1) is 31.7 Å². The Balaban J connectivity index is 0.00000160. The van der Waals surface area contributed by atoms with Gasteiger partial charge >= 0.3 is 0 Å². The van der Waals surface area contributed by atoms with E-state index in [1.54, 1.807) is 18.9 Å². The molecule has 1 saturated heterocycles. The number of nitrogens with zero attached hydrogens (tertiary/aromatic N) is 2. The first-order valence-electron chi connectivity index (χ1n) is 9.56. The maximum absolute atomic E-state index is 5.42. The van der Waals surface area contributed by atoms with Gasteiger partial charge in [-0.15, -0.1) is 24.8 Å². The number of aromatic amines is 1. The van der Waals surface area contributed by atoms with Crippen LogP contribution in [-0.2, 0) is 4.74 Å². The van der Waals surface area contributed by atoms with Crippen molar-refractivity contribution in [3.05, 3.63) is 54.6 Å². The number of ether oxygens (including phenoxy) is 2. The number of methoxy groups -OCH3 is 1. The zero-order valence-electron chi connectivity index (χ0n) is 16.9. The van der Waals surface area contributed by atoms with Gasteiger partial charge in [-0.2, -0.15) is 0 Å². The van der Waals surface area contributed by atoms with Gasteiger partial charge in [-0.3, -0.25) is 4.90 Å². The number of rotatable bonds is 7. The Kier molecular flexibility index (Phi) is 10.0. The van der Waals surface area contributed by atoms with Crippen LogP contribution in [0, 0.1) is 0 Å². The highest BCUT2D eigenvalue weighted by Crippen LogP contribution is 2.33. The van der Waals surface area contributed by atoms with E-state index in [0.717, 1.165) is 72.0 Å². The molecule has 0 spiro atoms. The molecule has 2 heterocycles. The molecule has 0 amide bonds. The largest absolute Gasteiger partial charge is 0.497 e. The van der Waals surface area contributed by atoms with Gasteiger partial charge in [-0.05, 0) is 24.3 Å². The molecule has 30 heavy (non-hydrogen) atoms. The number of nitrogens with one attached hydrogen (secondary N) is 1. The summed E-state index contributed by atoms with van der Waals surface area (Å²) in [7, 11) is 1.68. The highest BCUT2D eigenvalue weighted by Gasteiger charge is 2.15. The Labute approximate surface area is 194 Å². The first-order chi connectivity index (χ1) is 13.8. The lowest BCUT2D eigenvalue weighted by Crippen LogP contribution is -2.37. The minimum absolute atomic E-state index is 0. The van der Waals surface area contributed by atoms with Crippen LogP contribution < -0.4 is 4.74 Å². The molecule has 1 fully saturated rings. The van der Waals surface area contributed by atoms with Gasteiger partial charge in [-0.1, -0.05) is 42.1 Å². The second-order valence-corrected chi connectivity index (χ2v) is 7.75. The zero-order valence-corrected chi connectivity index (χ0v) is 19.3. The lowest BCUT2D eigenvalue weighted by atomic mass is 10.1. The van der Waals surface area contributed by atoms with Crippen molar-refractivity contribution in [3.63, 3.8) is 0 Å². The van der Waals surface area contributed by atoms with Crippen molar-refractivity contribution in [3.8, 4) is 28.3 Å². The molecule has 5 nitrogen and oxygen atoms in total. The maximum atomic E-state index is 5.42. The smallest absolute Gasteiger partial charge is 0.166 e. The van der Waals surface area contributed by atoms with Gasteiger partial charge < -0.3 is 14.5 Å².